The van der Waals surface area contributed by atoms with Crippen molar-refractivity contribution in [1.82, 2.24) is 19.9 Å². The lowest BCUT2D eigenvalue weighted by Crippen LogP contribution is -2.46. The van der Waals surface area contributed by atoms with E-state index in [-0.39, 0.29) is 23.1 Å². The lowest BCUT2D eigenvalue weighted by molar-refractivity contribution is 0.0496. The molecule has 0 bridgehead atoms. The van der Waals surface area contributed by atoms with E-state index in [9.17, 15) is 4.79 Å². The number of pyridine rings is 1. The molecule has 4 rings (SSSR count). The van der Waals surface area contributed by atoms with Crippen LogP contribution in [-0.2, 0) is 0 Å². The van der Waals surface area contributed by atoms with E-state index < -0.39 is 0 Å². The summed E-state index contributed by atoms with van der Waals surface area (Å²) >= 11 is 0. The second-order valence-electron chi connectivity index (χ2n) is 9.26. The molecule has 7 nitrogen and oxygen atoms in total. The van der Waals surface area contributed by atoms with Crippen LogP contribution in [0.4, 0.5) is 0 Å². The molecule has 1 saturated heterocycles. The van der Waals surface area contributed by atoms with E-state index in [1.54, 1.807) is 6.20 Å². The Kier molecular flexibility index (Phi) is 6.88. The fraction of sp³-hybridized carbons (Fsp3) is 0.462. The van der Waals surface area contributed by atoms with E-state index in [1.165, 1.54) is 31.0 Å². The fourth-order valence-electron chi connectivity index (χ4n) is 5.28. The standard InChI is InChI=1S/C26H34N6O/c1-4-5-12-24(32-16(2)8-6-9-17(32)3)18-10-7-11-21-19(18)13-20(26(33)31-21)22-14-29-15-23(30-22)25(27)28/h7,10-11,13-17,24H,4-6,8-9,12H2,1-3H3,(H3,27,28)(H,31,33). The molecule has 1 aliphatic heterocycles. The summed E-state index contributed by atoms with van der Waals surface area (Å²) in [6.45, 7) is 6.92. The van der Waals surface area contributed by atoms with Crippen LogP contribution >= 0.6 is 0 Å². The van der Waals surface area contributed by atoms with Crippen LogP contribution in [0.3, 0.4) is 0 Å². The first-order valence-corrected chi connectivity index (χ1v) is 12.0. The van der Waals surface area contributed by atoms with Gasteiger partial charge in [-0.05, 0) is 50.8 Å². The number of amidine groups is 1. The zero-order valence-corrected chi connectivity index (χ0v) is 19.8. The van der Waals surface area contributed by atoms with Crippen LogP contribution in [0.1, 0.15) is 76.6 Å². The third kappa shape index (κ3) is 4.69. The van der Waals surface area contributed by atoms with Gasteiger partial charge in [0.15, 0.2) is 0 Å². The number of likely N-dealkylation sites (tertiary alicyclic amines) is 1. The maximum atomic E-state index is 13.0. The number of benzene rings is 1. The summed E-state index contributed by atoms with van der Waals surface area (Å²) in [5.41, 5.74) is 8.58. The molecule has 1 aromatic carbocycles. The van der Waals surface area contributed by atoms with Gasteiger partial charge in [0.05, 0.1) is 23.7 Å². The largest absolute Gasteiger partial charge is 0.382 e. The van der Waals surface area contributed by atoms with Crippen LogP contribution in [0.2, 0.25) is 0 Å². The van der Waals surface area contributed by atoms with Gasteiger partial charge in [-0.25, -0.2) is 4.98 Å². The number of piperidine rings is 1. The first-order valence-electron chi connectivity index (χ1n) is 12.0. The molecular formula is C26H34N6O. The van der Waals surface area contributed by atoms with Gasteiger partial charge in [0.2, 0.25) is 0 Å². The monoisotopic (exact) mass is 446 g/mol. The number of hydrogen-bond acceptors (Lipinski definition) is 5. The summed E-state index contributed by atoms with van der Waals surface area (Å²) in [5, 5.41) is 8.70. The minimum atomic E-state index is -0.223. The van der Waals surface area contributed by atoms with Crippen LogP contribution in [0.5, 0.6) is 0 Å². The molecule has 174 valence electrons. The molecule has 0 saturated carbocycles. The van der Waals surface area contributed by atoms with Crippen molar-refractivity contribution in [3.63, 3.8) is 0 Å². The van der Waals surface area contributed by atoms with Crippen molar-refractivity contribution in [3.05, 3.63) is 58.3 Å². The SMILES string of the molecule is CCCCC(c1cccc2[nH]c(=O)c(-c3cncc(C(=N)N)n3)cc12)N1C(C)CCCC1C. The molecule has 3 unspecified atom stereocenters. The molecule has 2 aromatic heterocycles. The maximum absolute atomic E-state index is 13.0. The first-order chi connectivity index (χ1) is 15.9. The molecule has 0 radical (unpaired) electrons. The van der Waals surface area contributed by atoms with E-state index in [1.807, 2.05) is 18.2 Å². The lowest BCUT2D eigenvalue weighted by Gasteiger charge is -2.45. The quantitative estimate of drug-likeness (QED) is 0.358. The molecule has 1 fully saturated rings. The second-order valence-corrected chi connectivity index (χ2v) is 9.26. The molecule has 1 aliphatic rings. The van der Waals surface area contributed by atoms with Crippen molar-refractivity contribution in [2.24, 2.45) is 5.73 Å². The Labute approximate surface area is 195 Å². The minimum Gasteiger partial charge on any atom is -0.382 e. The number of hydrogen-bond donors (Lipinski definition) is 3. The van der Waals surface area contributed by atoms with Crippen molar-refractivity contribution in [2.75, 3.05) is 0 Å². The summed E-state index contributed by atoms with van der Waals surface area (Å²) in [6.07, 6.45) is 10.1. The Morgan fingerprint density at radius 2 is 2.03 bits per heavy atom. The van der Waals surface area contributed by atoms with Gasteiger partial charge in [0.1, 0.15) is 11.5 Å². The van der Waals surface area contributed by atoms with Crippen molar-refractivity contribution in [1.29, 1.82) is 5.41 Å². The Morgan fingerprint density at radius 1 is 1.27 bits per heavy atom. The zero-order valence-electron chi connectivity index (χ0n) is 19.8. The Bertz CT molecular complexity index is 1190. The van der Waals surface area contributed by atoms with Gasteiger partial charge in [0.25, 0.3) is 5.56 Å². The van der Waals surface area contributed by atoms with Gasteiger partial charge < -0.3 is 10.7 Å². The van der Waals surface area contributed by atoms with Gasteiger partial charge in [-0.3, -0.25) is 20.1 Å². The first kappa shape index (κ1) is 23.1. The molecular weight excluding hydrogens is 412 g/mol. The van der Waals surface area contributed by atoms with Crippen molar-refractivity contribution < 1.29 is 0 Å². The van der Waals surface area contributed by atoms with Crippen LogP contribution in [0.25, 0.3) is 22.2 Å². The zero-order chi connectivity index (χ0) is 23.5. The number of nitrogens with one attached hydrogen (secondary N) is 2. The Morgan fingerprint density at radius 3 is 2.73 bits per heavy atom. The number of rotatable bonds is 7. The minimum absolute atomic E-state index is 0.171. The molecule has 33 heavy (non-hydrogen) atoms. The normalized spacial score (nSPS) is 20.1. The van der Waals surface area contributed by atoms with E-state index in [4.69, 9.17) is 11.1 Å². The highest BCUT2D eigenvalue weighted by Gasteiger charge is 2.32. The Balaban J connectivity index is 1.88. The number of aromatic nitrogens is 3. The van der Waals surface area contributed by atoms with E-state index in [0.29, 0.717) is 23.3 Å². The topological polar surface area (TPSA) is 112 Å². The summed E-state index contributed by atoms with van der Waals surface area (Å²) in [5.74, 6) is -0.171. The molecule has 3 atom stereocenters. The van der Waals surface area contributed by atoms with Gasteiger partial charge in [-0.1, -0.05) is 38.3 Å². The lowest BCUT2D eigenvalue weighted by atomic mass is 9.88. The average Bonchev–Trinajstić information content (AvgIpc) is 2.80. The predicted octanol–water partition coefficient (Wildman–Crippen LogP) is 4.76. The van der Waals surface area contributed by atoms with E-state index in [0.717, 1.165) is 30.2 Å². The number of nitrogens with two attached hydrogens (primary N) is 1. The fourth-order valence-corrected chi connectivity index (χ4v) is 5.28. The summed E-state index contributed by atoms with van der Waals surface area (Å²) in [4.78, 5) is 27.3. The predicted molar refractivity (Wildman–Crippen MR) is 133 cm³/mol. The molecule has 3 aromatic rings. The summed E-state index contributed by atoms with van der Waals surface area (Å²) in [7, 11) is 0. The number of nitrogens with zero attached hydrogens (tertiary/aromatic N) is 3. The number of H-pyrrole nitrogens is 1. The van der Waals surface area contributed by atoms with Gasteiger partial charge in [0, 0.05) is 29.0 Å². The van der Waals surface area contributed by atoms with E-state index in [2.05, 4.69) is 46.7 Å². The van der Waals surface area contributed by atoms with E-state index >= 15 is 0 Å². The maximum Gasteiger partial charge on any atom is 0.257 e. The van der Waals surface area contributed by atoms with Crippen molar-refractivity contribution in [3.8, 4) is 11.3 Å². The smallest absolute Gasteiger partial charge is 0.257 e. The van der Waals surface area contributed by atoms with Gasteiger partial charge in [-0.15, -0.1) is 0 Å². The van der Waals surface area contributed by atoms with Crippen molar-refractivity contribution >= 4 is 16.7 Å². The molecule has 3 heterocycles. The highest BCUT2D eigenvalue weighted by molar-refractivity contribution is 5.93. The Hall–Kier alpha value is -3.06. The molecule has 7 heteroatoms. The highest BCUT2D eigenvalue weighted by atomic mass is 16.1. The van der Waals surface area contributed by atoms with Gasteiger partial charge >= 0.3 is 0 Å². The number of nitrogen functional groups attached to an aromatic ring is 1. The van der Waals surface area contributed by atoms with Crippen LogP contribution < -0.4 is 11.3 Å². The van der Waals surface area contributed by atoms with Crippen LogP contribution in [0, 0.1) is 5.41 Å². The third-order valence-electron chi connectivity index (χ3n) is 6.92. The number of fused-ring (bicyclic) bond motifs is 1. The number of aromatic amines is 1. The average molecular weight is 447 g/mol. The summed E-state index contributed by atoms with van der Waals surface area (Å²) in [6, 6.07) is 9.47. The molecule has 0 amide bonds. The molecule has 0 spiro atoms. The molecule has 0 aliphatic carbocycles. The highest BCUT2D eigenvalue weighted by Crippen LogP contribution is 2.38. The van der Waals surface area contributed by atoms with Gasteiger partial charge in [-0.2, -0.15) is 0 Å². The summed E-state index contributed by atoms with van der Waals surface area (Å²) < 4.78 is 0. The molecule has 4 N–H and O–H groups in total. The van der Waals surface area contributed by atoms with Crippen molar-refractivity contribution in [2.45, 2.75) is 77.4 Å². The number of unbranched alkanes of at least 4 members (excludes halogenated alkanes) is 1. The third-order valence-corrected chi connectivity index (χ3v) is 6.92. The van der Waals surface area contributed by atoms with Crippen LogP contribution in [0.15, 0.2) is 41.5 Å². The second kappa shape index (κ2) is 9.83. The van der Waals surface area contributed by atoms with Crippen LogP contribution in [-0.4, -0.2) is 37.8 Å².